The maximum absolute atomic E-state index is 5.32. The van der Waals surface area contributed by atoms with E-state index in [4.69, 9.17) is 15.0 Å². The Morgan fingerprint density at radius 3 is 2.19 bits per heavy atom. The van der Waals surface area contributed by atoms with Crippen LogP contribution in [0.4, 0.5) is 0 Å². The molecule has 6 heteroatoms. The third kappa shape index (κ3) is 3.96. The summed E-state index contributed by atoms with van der Waals surface area (Å²) in [4.78, 5) is 15.7. The van der Waals surface area contributed by atoms with Crippen molar-refractivity contribution >= 4 is 69.2 Å². The predicted octanol–water partition coefficient (Wildman–Crippen LogP) is 11.7. The van der Waals surface area contributed by atoms with Crippen LogP contribution in [0.25, 0.3) is 81.8 Å². The summed E-state index contributed by atoms with van der Waals surface area (Å²) >= 11 is 5.55. The van der Waals surface area contributed by atoms with Crippen LogP contribution in [0.15, 0.2) is 132 Å². The topological polar surface area (TPSA) is 43.6 Å². The molecule has 0 atom stereocenters. The number of hydrogen-bond acceptors (Lipinski definition) is 4. The fourth-order valence-electron chi connectivity index (χ4n) is 7.63. The first kappa shape index (κ1) is 27.9. The van der Waals surface area contributed by atoms with E-state index in [0.29, 0.717) is 17.6 Å². The maximum Gasteiger partial charge on any atom is 0.238 e. The van der Waals surface area contributed by atoms with Gasteiger partial charge >= 0.3 is 0 Å². The Balaban J connectivity index is 1.30. The molecular weight excluding hydrogens is 672 g/mol. The average Bonchev–Trinajstić information content (AvgIpc) is 3.73. The van der Waals surface area contributed by atoms with Crippen LogP contribution < -0.4 is 0 Å². The van der Waals surface area contributed by atoms with Gasteiger partial charge in [-0.3, -0.25) is 4.57 Å². The van der Waals surface area contributed by atoms with Crippen LogP contribution in [0.5, 0.6) is 0 Å². The summed E-state index contributed by atoms with van der Waals surface area (Å²) in [5.41, 5.74) is 9.22. The molecule has 0 spiro atoms. The standard InChI is InChI=1S/C42H27BrN4S/c1-42(2)33-17-8-6-13-26(33)30-22-32-31-21-25(43)19-20-35(31)47(36(32)23-34(30)42)41-45-39(24-11-4-3-5-12-24)44-40(46-41)29-16-10-15-28-27-14-7-9-18-37(27)48-38(28)29/h3-23H,1-2H3. The van der Waals surface area contributed by atoms with Gasteiger partial charge in [-0.15, -0.1) is 11.3 Å². The SMILES string of the molecule is CC1(C)c2ccccc2-c2cc3c4cc(Br)ccc4n(-c4nc(-c5ccccc5)nc(-c5cccc6c5sc5ccccc56)n4)c3cc21. The van der Waals surface area contributed by atoms with E-state index in [1.54, 1.807) is 11.3 Å². The number of thiophene rings is 1. The van der Waals surface area contributed by atoms with E-state index >= 15 is 0 Å². The van der Waals surface area contributed by atoms with E-state index in [-0.39, 0.29) is 5.41 Å². The second-order valence-corrected chi connectivity index (χ2v) is 15.0. The molecule has 0 N–H and O–H groups in total. The molecule has 3 aromatic heterocycles. The van der Waals surface area contributed by atoms with Crippen molar-refractivity contribution in [1.29, 1.82) is 0 Å². The molecule has 0 unspecified atom stereocenters. The van der Waals surface area contributed by atoms with Crippen LogP contribution in [0.2, 0.25) is 0 Å². The number of hydrogen-bond donors (Lipinski definition) is 0. The quantitative estimate of drug-likeness (QED) is 0.184. The number of fused-ring (bicyclic) bond motifs is 9. The second kappa shape index (κ2) is 10.2. The molecule has 0 amide bonds. The molecule has 10 rings (SSSR count). The van der Waals surface area contributed by atoms with Crippen LogP contribution in [-0.2, 0) is 5.41 Å². The number of halogens is 1. The molecule has 0 saturated carbocycles. The molecule has 0 saturated heterocycles. The number of nitrogens with zero attached hydrogens (tertiary/aromatic N) is 4. The molecule has 0 aliphatic heterocycles. The molecule has 6 aromatic carbocycles. The van der Waals surface area contributed by atoms with Gasteiger partial charge in [-0.05, 0) is 64.7 Å². The molecular formula is C42H27BrN4S. The monoisotopic (exact) mass is 698 g/mol. The van der Waals surface area contributed by atoms with Gasteiger partial charge in [-0.25, -0.2) is 4.98 Å². The lowest BCUT2D eigenvalue weighted by Crippen LogP contribution is -2.15. The minimum Gasteiger partial charge on any atom is -0.278 e. The Labute approximate surface area is 289 Å². The summed E-state index contributed by atoms with van der Waals surface area (Å²) in [6.45, 7) is 4.65. The molecule has 0 fully saturated rings. The predicted molar refractivity (Wildman–Crippen MR) is 203 cm³/mol. The zero-order chi connectivity index (χ0) is 32.1. The van der Waals surface area contributed by atoms with E-state index < -0.39 is 0 Å². The van der Waals surface area contributed by atoms with Gasteiger partial charge in [0.05, 0.1) is 11.0 Å². The first-order valence-electron chi connectivity index (χ1n) is 16.1. The highest BCUT2D eigenvalue weighted by Gasteiger charge is 2.36. The molecule has 48 heavy (non-hydrogen) atoms. The normalized spacial score (nSPS) is 13.5. The van der Waals surface area contributed by atoms with Gasteiger partial charge < -0.3 is 0 Å². The Hall–Kier alpha value is -5.17. The number of rotatable bonds is 3. The zero-order valence-electron chi connectivity index (χ0n) is 26.2. The van der Waals surface area contributed by atoms with Crippen molar-refractivity contribution in [3.63, 3.8) is 0 Å². The minimum absolute atomic E-state index is 0.141. The van der Waals surface area contributed by atoms with E-state index in [9.17, 15) is 0 Å². The molecule has 1 aliphatic rings. The Kier molecular flexibility index (Phi) is 5.91. The van der Waals surface area contributed by atoms with Crippen molar-refractivity contribution in [2.24, 2.45) is 0 Å². The third-order valence-corrected chi connectivity index (χ3v) is 11.6. The molecule has 9 aromatic rings. The van der Waals surface area contributed by atoms with E-state index in [2.05, 4.69) is 144 Å². The fourth-order valence-corrected chi connectivity index (χ4v) is 9.20. The summed E-state index contributed by atoms with van der Waals surface area (Å²) in [5.74, 6) is 1.92. The van der Waals surface area contributed by atoms with Gasteiger partial charge in [0, 0.05) is 52.0 Å². The van der Waals surface area contributed by atoms with Gasteiger partial charge in [0.1, 0.15) is 0 Å². The van der Waals surface area contributed by atoms with Crippen molar-refractivity contribution in [3.8, 4) is 39.9 Å². The maximum atomic E-state index is 5.32. The smallest absolute Gasteiger partial charge is 0.238 e. The van der Waals surface area contributed by atoms with Gasteiger partial charge in [0.15, 0.2) is 11.6 Å². The minimum atomic E-state index is -0.141. The highest BCUT2D eigenvalue weighted by atomic mass is 79.9. The van der Waals surface area contributed by atoms with Crippen LogP contribution in [-0.4, -0.2) is 19.5 Å². The highest BCUT2D eigenvalue weighted by Crippen LogP contribution is 2.51. The lowest BCUT2D eigenvalue weighted by Gasteiger charge is -2.21. The van der Waals surface area contributed by atoms with Gasteiger partial charge in [-0.2, -0.15) is 9.97 Å². The Morgan fingerprint density at radius 2 is 1.29 bits per heavy atom. The van der Waals surface area contributed by atoms with Crippen LogP contribution in [0, 0.1) is 0 Å². The summed E-state index contributed by atoms with van der Waals surface area (Å²) in [6.07, 6.45) is 0. The lowest BCUT2D eigenvalue weighted by molar-refractivity contribution is 0.661. The van der Waals surface area contributed by atoms with Crippen molar-refractivity contribution in [1.82, 2.24) is 19.5 Å². The van der Waals surface area contributed by atoms with E-state index in [1.165, 1.54) is 47.8 Å². The summed E-state index contributed by atoms with van der Waals surface area (Å²) in [5, 5.41) is 4.80. The lowest BCUT2D eigenvalue weighted by atomic mass is 9.82. The fraction of sp³-hybridized carbons (Fsp3) is 0.0714. The number of benzene rings is 6. The van der Waals surface area contributed by atoms with Gasteiger partial charge in [-0.1, -0.05) is 115 Å². The summed E-state index contributed by atoms with van der Waals surface area (Å²) in [7, 11) is 0. The van der Waals surface area contributed by atoms with Crippen molar-refractivity contribution < 1.29 is 0 Å². The van der Waals surface area contributed by atoms with Crippen LogP contribution >= 0.6 is 27.3 Å². The molecule has 4 nitrogen and oxygen atoms in total. The average molecular weight is 700 g/mol. The van der Waals surface area contributed by atoms with Gasteiger partial charge in [0.2, 0.25) is 5.95 Å². The van der Waals surface area contributed by atoms with Crippen molar-refractivity contribution in [2.75, 3.05) is 0 Å². The molecule has 0 radical (unpaired) electrons. The van der Waals surface area contributed by atoms with Gasteiger partial charge in [0.25, 0.3) is 0 Å². The largest absolute Gasteiger partial charge is 0.278 e. The molecule has 0 bridgehead atoms. The summed E-state index contributed by atoms with van der Waals surface area (Å²) < 4.78 is 5.70. The van der Waals surface area contributed by atoms with E-state index in [1.807, 2.05) is 18.2 Å². The first-order valence-corrected chi connectivity index (χ1v) is 17.7. The zero-order valence-corrected chi connectivity index (χ0v) is 28.6. The molecule has 228 valence electrons. The molecule has 3 heterocycles. The molecule has 1 aliphatic carbocycles. The number of aromatic nitrogens is 4. The second-order valence-electron chi connectivity index (χ2n) is 13.0. The highest BCUT2D eigenvalue weighted by molar-refractivity contribution is 9.10. The van der Waals surface area contributed by atoms with Crippen LogP contribution in [0.3, 0.4) is 0 Å². The van der Waals surface area contributed by atoms with Crippen LogP contribution in [0.1, 0.15) is 25.0 Å². The Morgan fingerprint density at radius 1 is 0.562 bits per heavy atom. The van der Waals surface area contributed by atoms with Crippen molar-refractivity contribution in [3.05, 3.63) is 143 Å². The van der Waals surface area contributed by atoms with Crippen molar-refractivity contribution in [2.45, 2.75) is 19.3 Å². The Bertz CT molecular complexity index is 2780. The third-order valence-electron chi connectivity index (χ3n) is 9.93. The first-order chi connectivity index (χ1) is 23.5. The summed E-state index contributed by atoms with van der Waals surface area (Å²) in [6, 6.07) is 45.3. The van der Waals surface area contributed by atoms with E-state index in [0.717, 1.165) is 32.0 Å².